The highest BCUT2D eigenvalue weighted by atomic mass is 32.1. The molecular weight excluding hydrogens is 446 g/mol. The van der Waals surface area contributed by atoms with Crippen molar-refractivity contribution in [2.24, 2.45) is 0 Å². The van der Waals surface area contributed by atoms with Gasteiger partial charge in [-0.2, -0.15) is 13.2 Å². The summed E-state index contributed by atoms with van der Waals surface area (Å²) in [7, 11) is 0. The molecule has 0 radical (unpaired) electrons. The first-order valence-corrected chi connectivity index (χ1v) is 9.95. The van der Waals surface area contributed by atoms with Crippen molar-refractivity contribution in [3.63, 3.8) is 0 Å². The van der Waals surface area contributed by atoms with Crippen LogP contribution in [0.2, 0.25) is 0 Å². The summed E-state index contributed by atoms with van der Waals surface area (Å²) in [4.78, 5) is 24.4. The van der Waals surface area contributed by atoms with E-state index in [1.807, 2.05) is 0 Å². The van der Waals surface area contributed by atoms with E-state index in [9.17, 15) is 22.4 Å². The normalized spacial score (nSPS) is 11.2. The predicted octanol–water partition coefficient (Wildman–Crippen LogP) is 5.75. The van der Waals surface area contributed by atoms with Gasteiger partial charge in [-0.1, -0.05) is 0 Å². The molecule has 162 valence electrons. The molecule has 4 aromatic rings. The van der Waals surface area contributed by atoms with Crippen LogP contribution < -0.4 is 10.6 Å². The molecule has 2 aromatic heterocycles. The van der Waals surface area contributed by atoms with Gasteiger partial charge in [-0.05, 0) is 48.5 Å². The van der Waals surface area contributed by atoms with Crippen LogP contribution in [0.4, 0.5) is 34.2 Å². The van der Waals surface area contributed by atoms with E-state index >= 15 is 0 Å². The first-order valence-electron chi connectivity index (χ1n) is 9.07. The first kappa shape index (κ1) is 21.4. The molecule has 2 heterocycles. The van der Waals surface area contributed by atoms with Crippen LogP contribution in [0.1, 0.15) is 15.9 Å². The average Bonchev–Trinajstić information content (AvgIpc) is 3.22. The van der Waals surface area contributed by atoms with Gasteiger partial charge in [0.15, 0.2) is 5.13 Å². The van der Waals surface area contributed by atoms with Crippen molar-refractivity contribution < 1.29 is 22.4 Å². The monoisotopic (exact) mass is 459 g/mol. The van der Waals surface area contributed by atoms with Crippen LogP contribution in [-0.4, -0.2) is 20.9 Å². The van der Waals surface area contributed by atoms with Gasteiger partial charge in [-0.25, -0.2) is 19.3 Å². The Morgan fingerprint density at radius 1 is 1.03 bits per heavy atom. The number of alkyl halides is 3. The number of hydrogen-bond acceptors (Lipinski definition) is 6. The van der Waals surface area contributed by atoms with E-state index in [1.165, 1.54) is 11.7 Å². The minimum atomic E-state index is -4.61. The smallest absolute Gasteiger partial charge is 0.340 e. The number of nitrogens with zero attached hydrogens (tertiary/aromatic N) is 3. The van der Waals surface area contributed by atoms with E-state index in [2.05, 4.69) is 25.6 Å². The Morgan fingerprint density at radius 2 is 1.81 bits per heavy atom. The standard InChI is InChI=1S/C21H13F4N5OS/c22-16-6-3-13(21(23,24)25)9-15(16)17-10-32-20(29-17)30-19(31)12-1-4-14(5-2-12)28-18-7-8-26-11-27-18/h1-11H,(H,26,27,28)(H,29,30,31). The maximum atomic E-state index is 14.1. The molecule has 0 fully saturated rings. The second-order valence-corrected chi connectivity index (χ2v) is 7.34. The van der Waals surface area contributed by atoms with E-state index in [0.29, 0.717) is 29.2 Å². The number of rotatable bonds is 5. The predicted molar refractivity (Wildman–Crippen MR) is 112 cm³/mol. The molecule has 0 atom stereocenters. The Bertz CT molecular complexity index is 1240. The summed E-state index contributed by atoms with van der Waals surface area (Å²) < 4.78 is 52.8. The highest BCUT2D eigenvalue weighted by molar-refractivity contribution is 7.14. The van der Waals surface area contributed by atoms with Gasteiger partial charge in [0.25, 0.3) is 5.91 Å². The summed E-state index contributed by atoms with van der Waals surface area (Å²) in [6.45, 7) is 0. The Hall–Kier alpha value is -3.86. The Balaban J connectivity index is 1.46. The third-order valence-electron chi connectivity index (χ3n) is 4.30. The van der Waals surface area contributed by atoms with Crippen molar-refractivity contribution in [2.75, 3.05) is 10.6 Å². The highest BCUT2D eigenvalue weighted by Crippen LogP contribution is 2.34. The van der Waals surface area contributed by atoms with E-state index in [1.54, 1.807) is 36.5 Å². The molecule has 0 aliphatic rings. The number of carbonyl (C=O) groups excluding carboxylic acids is 1. The summed E-state index contributed by atoms with van der Waals surface area (Å²) in [5, 5.41) is 7.13. The number of amides is 1. The van der Waals surface area contributed by atoms with Gasteiger partial charge >= 0.3 is 6.18 Å². The summed E-state index contributed by atoms with van der Waals surface area (Å²) in [6, 6.07) is 10.3. The minimum absolute atomic E-state index is 0.00158. The summed E-state index contributed by atoms with van der Waals surface area (Å²) in [5.74, 6) is -0.716. The van der Waals surface area contributed by atoms with Crippen molar-refractivity contribution >= 4 is 33.9 Å². The molecule has 1 amide bonds. The number of hydrogen-bond donors (Lipinski definition) is 2. The summed E-state index contributed by atoms with van der Waals surface area (Å²) >= 11 is 0.977. The number of nitrogens with one attached hydrogen (secondary N) is 2. The number of aromatic nitrogens is 3. The molecule has 4 rings (SSSR count). The molecule has 0 spiro atoms. The number of carbonyl (C=O) groups is 1. The van der Waals surface area contributed by atoms with Crippen LogP contribution in [0.25, 0.3) is 11.3 Å². The Kier molecular flexibility index (Phi) is 5.82. The molecule has 2 aromatic carbocycles. The van der Waals surface area contributed by atoms with E-state index in [4.69, 9.17) is 0 Å². The quantitative estimate of drug-likeness (QED) is 0.371. The molecule has 0 bridgehead atoms. The molecule has 6 nitrogen and oxygen atoms in total. The number of anilines is 3. The van der Waals surface area contributed by atoms with Crippen LogP contribution in [0.3, 0.4) is 0 Å². The van der Waals surface area contributed by atoms with Crippen LogP contribution >= 0.6 is 11.3 Å². The molecule has 0 saturated carbocycles. The van der Waals surface area contributed by atoms with E-state index < -0.39 is 23.5 Å². The fraction of sp³-hybridized carbons (Fsp3) is 0.0476. The van der Waals surface area contributed by atoms with Gasteiger partial charge in [-0.3, -0.25) is 10.1 Å². The SMILES string of the molecule is O=C(Nc1nc(-c2cc(C(F)(F)F)ccc2F)cs1)c1ccc(Nc2ccncn2)cc1. The fourth-order valence-corrected chi connectivity index (χ4v) is 3.45. The molecule has 0 aliphatic heterocycles. The maximum Gasteiger partial charge on any atom is 0.416 e. The second-order valence-electron chi connectivity index (χ2n) is 6.48. The second kappa shape index (κ2) is 8.71. The van der Waals surface area contributed by atoms with Crippen LogP contribution in [0, 0.1) is 5.82 Å². The molecule has 0 unspecified atom stereocenters. The van der Waals surface area contributed by atoms with Crippen molar-refractivity contribution in [1.82, 2.24) is 15.0 Å². The zero-order chi connectivity index (χ0) is 22.7. The number of thiazole rings is 1. The average molecular weight is 459 g/mol. The van der Waals surface area contributed by atoms with Crippen LogP contribution in [0.5, 0.6) is 0 Å². The topological polar surface area (TPSA) is 79.8 Å². The Labute approximate surface area is 183 Å². The lowest BCUT2D eigenvalue weighted by Gasteiger charge is -2.08. The third-order valence-corrected chi connectivity index (χ3v) is 5.05. The highest BCUT2D eigenvalue weighted by Gasteiger charge is 2.31. The maximum absolute atomic E-state index is 14.1. The van der Waals surface area contributed by atoms with E-state index in [0.717, 1.165) is 17.4 Å². The van der Waals surface area contributed by atoms with Gasteiger partial charge in [0, 0.05) is 28.4 Å². The molecular formula is C21H13F4N5OS. The molecule has 0 saturated heterocycles. The molecule has 0 aliphatic carbocycles. The summed E-state index contributed by atoms with van der Waals surface area (Å²) in [6.07, 6.45) is -1.62. The van der Waals surface area contributed by atoms with Crippen molar-refractivity contribution in [3.05, 3.63) is 83.4 Å². The lowest BCUT2D eigenvalue weighted by Crippen LogP contribution is -2.11. The minimum Gasteiger partial charge on any atom is -0.340 e. The van der Waals surface area contributed by atoms with Crippen LogP contribution in [-0.2, 0) is 6.18 Å². The third kappa shape index (κ3) is 4.89. The van der Waals surface area contributed by atoms with Gasteiger partial charge in [0.05, 0.1) is 11.3 Å². The van der Waals surface area contributed by atoms with Crippen molar-refractivity contribution in [1.29, 1.82) is 0 Å². The molecule has 2 N–H and O–H groups in total. The van der Waals surface area contributed by atoms with Crippen LogP contribution in [0.15, 0.2) is 66.4 Å². The summed E-state index contributed by atoms with van der Waals surface area (Å²) in [5.41, 5.74) is -0.241. The Morgan fingerprint density at radius 3 is 2.50 bits per heavy atom. The van der Waals surface area contributed by atoms with Gasteiger partial charge < -0.3 is 5.32 Å². The lowest BCUT2D eigenvalue weighted by atomic mass is 10.1. The lowest BCUT2D eigenvalue weighted by molar-refractivity contribution is -0.137. The van der Waals surface area contributed by atoms with Crippen molar-refractivity contribution in [3.8, 4) is 11.3 Å². The van der Waals surface area contributed by atoms with Crippen molar-refractivity contribution in [2.45, 2.75) is 6.18 Å². The largest absolute Gasteiger partial charge is 0.416 e. The number of benzene rings is 2. The zero-order valence-corrected chi connectivity index (χ0v) is 16.8. The number of halogens is 4. The van der Waals surface area contributed by atoms with Gasteiger partial charge in [0.1, 0.15) is 18.0 Å². The fourth-order valence-electron chi connectivity index (χ4n) is 2.74. The van der Waals surface area contributed by atoms with Gasteiger partial charge in [0.2, 0.25) is 0 Å². The van der Waals surface area contributed by atoms with E-state index in [-0.39, 0.29) is 16.4 Å². The molecule has 32 heavy (non-hydrogen) atoms. The zero-order valence-electron chi connectivity index (χ0n) is 16.0. The molecule has 11 heteroatoms. The first-order chi connectivity index (χ1) is 15.3. The van der Waals surface area contributed by atoms with Gasteiger partial charge in [-0.15, -0.1) is 11.3 Å².